The summed E-state index contributed by atoms with van der Waals surface area (Å²) >= 11 is 0. The zero-order valence-corrected chi connectivity index (χ0v) is 54.7. The summed E-state index contributed by atoms with van der Waals surface area (Å²) in [6, 6.07) is 4.69. The van der Waals surface area contributed by atoms with E-state index in [-0.39, 0.29) is 92.1 Å². The molecule has 0 spiro atoms. The topological polar surface area (TPSA) is 421 Å². The number of aliphatic carboxylic acids is 1. The van der Waals surface area contributed by atoms with E-state index in [0.717, 1.165) is 11.1 Å². The maximum absolute atomic E-state index is 14.5. The zero-order valence-electron chi connectivity index (χ0n) is 53.9. The largest absolute Gasteiger partial charge is 0.512 e. The Balaban J connectivity index is 1.19. The van der Waals surface area contributed by atoms with Crippen LogP contribution < -0.4 is 42.9 Å². The second kappa shape index (κ2) is 32.4. The van der Waals surface area contributed by atoms with Crippen LogP contribution in [0.3, 0.4) is 0 Å². The Hall–Kier alpha value is -9.50. The quantitative estimate of drug-likeness (QED) is 0.0230. The summed E-state index contributed by atoms with van der Waals surface area (Å²) in [6.07, 6.45) is 4.94. The van der Waals surface area contributed by atoms with E-state index in [1.165, 1.54) is 7.11 Å². The number of carboxylic acids is 1. The average molecular weight is 1310 g/mol. The Kier molecular flexibility index (Phi) is 24.8. The number of Topliss-reactive ketones (excluding diaryl/α,β-unsaturated/α-hetero) is 2. The van der Waals surface area contributed by atoms with Crippen molar-refractivity contribution in [3.05, 3.63) is 120 Å². The number of hydrogen-bond donors (Lipinski definition) is 11. The first kappa shape index (κ1) is 71.9. The molecule has 4 unspecified atom stereocenters. The lowest BCUT2D eigenvalue weighted by Crippen LogP contribution is -2.53. The number of carbonyl (C=O) groups excluding carboxylic acids is 8. The molecule has 0 radical (unpaired) electrons. The second-order valence-corrected chi connectivity index (χ2v) is 25.4. The maximum Gasteiger partial charge on any atom is 0.310 e. The number of carboxylic acid groups (broad SMARTS) is 1. The molecule has 2 aromatic rings. The highest BCUT2D eigenvalue weighted by atomic mass is 32.2. The Morgan fingerprint density at radius 1 is 0.755 bits per heavy atom. The van der Waals surface area contributed by atoms with E-state index in [1.807, 2.05) is 26.8 Å². The Bertz CT molecular complexity index is 3990. The van der Waals surface area contributed by atoms with Crippen molar-refractivity contribution in [2.75, 3.05) is 26.0 Å². The number of esters is 1. The van der Waals surface area contributed by atoms with E-state index in [4.69, 9.17) is 30.9 Å². The van der Waals surface area contributed by atoms with Crippen molar-refractivity contribution in [3.63, 3.8) is 0 Å². The molecule has 7 rings (SSSR count). The minimum Gasteiger partial charge on any atom is -0.512 e. The van der Waals surface area contributed by atoms with Crippen LogP contribution in [0.2, 0.25) is 0 Å². The number of carbonyl (C=O) groups is 9. The molecule has 1 aromatic carbocycles. The van der Waals surface area contributed by atoms with Crippen LogP contribution in [0.4, 0.5) is 0 Å². The molecule has 5 aliphatic rings. The molecule has 1 saturated heterocycles. The van der Waals surface area contributed by atoms with Gasteiger partial charge in [-0.1, -0.05) is 50.1 Å². The summed E-state index contributed by atoms with van der Waals surface area (Å²) < 4.78 is 38.4. The minimum absolute atomic E-state index is 0.0133. The van der Waals surface area contributed by atoms with Crippen LogP contribution >= 0.6 is 0 Å². The molecule has 26 nitrogen and oxygen atoms in total. The van der Waals surface area contributed by atoms with Gasteiger partial charge in [-0.3, -0.25) is 53.1 Å². The fraction of sp³-hybridized carbons (Fsp3) is 0.448. The highest BCUT2D eigenvalue weighted by Gasteiger charge is 2.37. The number of nitrogens with one attached hydrogen (secondary N) is 7. The number of H-pyrrole nitrogens is 1. The standard InChI is InChI=1S/C67H83N11O15S/c1-8-42-35(2)46-33-52-61(39(6)79)37(4)48(73-52)31-47-36(3)43(63(75-47)44(30-60(86)93-7)64-62(67(89)71-26-27-94(90,91)92)38(5)49(76-64)32-50(42)72-46)21-23-57(82)70-25-15-14-18-41-29-55(81)51(28-40-16-10-9-11-17-40)78-66(88)53(34-59(84)85)74-58(83)24-22-54(80)45(77-65(41)87)19-12-13-20-56(68)69/h9-11,16-17,31-33,41,45,51,53,73,79H,8,12-15,18-30,34H2,1-7H3,(H3,68,69)(H,70,82)(H,71,89)(H,74,83)(H,77,87)(H,78,88)(H,84,85)(H,90,91,92). The Labute approximate surface area is 544 Å². The van der Waals surface area contributed by atoms with Crippen molar-refractivity contribution in [1.82, 2.24) is 31.6 Å². The number of nitrogens with two attached hydrogens (primary N) is 1. The van der Waals surface area contributed by atoms with Gasteiger partial charge in [0.1, 0.15) is 6.04 Å². The van der Waals surface area contributed by atoms with Crippen LogP contribution in [0.5, 0.6) is 0 Å². The van der Waals surface area contributed by atoms with E-state index in [2.05, 4.69) is 31.6 Å². The smallest absolute Gasteiger partial charge is 0.310 e. The van der Waals surface area contributed by atoms with Gasteiger partial charge >= 0.3 is 11.9 Å². The number of rotatable bonds is 24. The van der Waals surface area contributed by atoms with Crippen molar-refractivity contribution >= 4 is 104 Å². The molecular weight excluding hydrogens is 1230 g/mol. The van der Waals surface area contributed by atoms with Crippen LogP contribution in [0.15, 0.2) is 107 Å². The van der Waals surface area contributed by atoms with Crippen molar-refractivity contribution < 1.29 is 71.1 Å². The van der Waals surface area contributed by atoms with Crippen molar-refractivity contribution in [1.29, 1.82) is 5.41 Å². The molecule has 12 N–H and O–H groups in total. The SMILES string of the molecule is CCC1=C(C)C2=NC1=CC1=NC(=C(CC(=O)OC)C3=NC(=Cc4[nH]c(c(=C(C)O)c4C)=C2)C(C)=C3CCC(=O)NCCCCC2CC(=O)C(Cc3ccccc3)NC(=O)C(CC(=O)O)NC(=O)CCC(=O)C(CCCCC(=N)N)NC2=O)C(C(=O)NCCS(=O)(=O)O)=C1C. The highest BCUT2D eigenvalue weighted by molar-refractivity contribution is 7.85. The second-order valence-electron chi connectivity index (χ2n) is 23.9. The van der Waals surface area contributed by atoms with Gasteiger partial charge in [0.2, 0.25) is 23.6 Å². The van der Waals surface area contributed by atoms with Gasteiger partial charge in [-0.05, 0) is 137 Å². The Morgan fingerprint density at radius 3 is 2.13 bits per heavy atom. The molecular formula is C67H83N11O15S. The molecule has 502 valence electrons. The monoisotopic (exact) mass is 1310 g/mol. The zero-order chi connectivity index (χ0) is 68.7. The number of unbranched alkanes of at least 4 members (excludes halogenated alkanes) is 2. The molecule has 8 bridgehead atoms. The van der Waals surface area contributed by atoms with Gasteiger partial charge in [0.15, 0.2) is 11.6 Å². The molecule has 0 aliphatic carbocycles. The van der Waals surface area contributed by atoms with E-state index >= 15 is 0 Å². The van der Waals surface area contributed by atoms with E-state index in [0.29, 0.717) is 92.6 Å². The van der Waals surface area contributed by atoms with Gasteiger partial charge < -0.3 is 52.3 Å². The van der Waals surface area contributed by atoms with Crippen LogP contribution in [0.25, 0.3) is 17.9 Å². The van der Waals surface area contributed by atoms with Gasteiger partial charge in [0.25, 0.3) is 16.0 Å². The number of nitrogens with zero attached hydrogens (tertiary/aromatic N) is 3. The molecule has 5 aliphatic heterocycles. The van der Waals surface area contributed by atoms with Crippen LogP contribution in [0.1, 0.15) is 148 Å². The average Bonchev–Trinajstić information content (AvgIpc) is 1.61. The number of fused-ring (bicyclic) bond motifs is 5. The number of ether oxygens (including phenoxy) is 1. The number of benzene rings is 1. The molecule has 5 amide bonds. The Morgan fingerprint density at radius 2 is 1.46 bits per heavy atom. The number of aliphatic hydroxyl groups excluding tert-OH is 1. The lowest BCUT2D eigenvalue weighted by Gasteiger charge is -2.25. The normalized spacial score (nSPS) is 20.2. The van der Waals surface area contributed by atoms with Crippen molar-refractivity contribution in [3.8, 4) is 0 Å². The van der Waals surface area contributed by atoms with Crippen LogP contribution in [0, 0.1) is 18.3 Å². The summed E-state index contributed by atoms with van der Waals surface area (Å²) in [5, 5.41) is 43.0. The number of amides is 5. The summed E-state index contributed by atoms with van der Waals surface area (Å²) in [4.78, 5) is 142. The first-order valence-corrected chi connectivity index (χ1v) is 32.9. The summed E-state index contributed by atoms with van der Waals surface area (Å²) in [6.45, 7) is 10.4. The first-order chi connectivity index (χ1) is 44.6. The van der Waals surface area contributed by atoms with Crippen LogP contribution in [-0.4, -0.2) is 148 Å². The van der Waals surface area contributed by atoms with Gasteiger partial charge in [0.05, 0.1) is 94.5 Å². The molecule has 4 atom stereocenters. The maximum atomic E-state index is 14.5. The molecule has 0 saturated carbocycles. The lowest BCUT2D eigenvalue weighted by atomic mass is 9.89. The number of hydrogen-bond acceptors (Lipinski definition) is 17. The van der Waals surface area contributed by atoms with Crippen molar-refractivity contribution in [2.24, 2.45) is 26.6 Å². The number of aromatic amines is 1. The van der Waals surface area contributed by atoms with E-state index in [9.17, 15) is 66.3 Å². The molecule has 94 heavy (non-hydrogen) atoms. The number of methoxy groups -OCH3 is 1. The summed E-state index contributed by atoms with van der Waals surface area (Å²) in [5.74, 6) is -8.69. The highest BCUT2D eigenvalue weighted by Crippen LogP contribution is 2.39. The number of aliphatic hydroxyl groups is 1. The predicted octanol–water partition coefficient (Wildman–Crippen LogP) is 4.25. The molecule has 1 fully saturated rings. The lowest BCUT2D eigenvalue weighted by molar-refractivity contribution is -0.141. The third-order valence-electron chi connectivity index (χ3n) is 17.1. The van der Waals surface area contributed by atoms with Crippen molar-refractivity contribution in [2.45, 2.75) is 162 Å². The third kappa shape index (κ3) is 18.9. The van der Waals surface area contributed by atoms with Gasteiger partial charge in [0, 0.05) is 67.6 Å². The fourth-order valence-corrected chi connectivity index (χ4v) is 12.3. The molecule has 1 aromatic heterocycles. The summed E-state index contributed by atoms with van der Waals surface area (Å²) in [7, 11) is -3.31. The number of aromatic nitrogens is 1. The minimum atomic E-state index is -4.50. The van der Waals surface area contributed by atoms with Gasteiger partial charge in [-0.2, -0.15) is 8.42 Å². The number of amidine groups is 1. The number of aliphatic imine (C=N–C) groups is 3. The summed E-state index contributed by atoms with van der Waals surface area (Å²) in [5.41, 5.74) is 12.8. The predicted molar refractivity (Wildman–Crippen MR) is 353 cm³/mol. The van der Waals surface area contributed by atoms with Gasteiger partial charge in [-0.15, -0.1) is 0 Å². The van der Waals surface area contributed by atoms with Gasteiger partial charge in [-0.25, -0.2) is 15.0 Å². The number of allylic oxidation sites excluding steroid dienone is 6. The third-order valence-corrected chi connectivity index (χ3v) is 17.8. The fourth-order valence-electron chi connectivity index (χ4n) is 12.0. The van der Waals surface area contributed by atoms with E-state index in [1.54, 1.807) is 63.3 Å². The van der Waals surface area contributed by atoms with Crippen LogP contribution in [-0.2, 0) is 64.4 Å². The number of ketones is 2. The van der Waals surface area contributed by atoms with E-state index < -0.39 is 125 Å². The molecule has 6 heterocycles. The first-order valence-electron chi connectivity index (χ1n) is 31.3. The molecule has 27 heteroatoms.